The van der Waals surface area contributed by atoms with E-state index in [0.29, 0.717) is 28.1 Å². The van der Waals surface area contributed by atoms with Crippen LogP contribution < -0.4 is 24.8 Å². The van der Waals surface area contributed by atoms with Crippen molar-refractivity contribution in [2.45, 2.75) is 172 Å². The Morgan fingerprint density at radius 2 is 0.938 bits per heavy atom. The van der Waals surface area contributed by atoms with Crippen molar-refractivity contribution in [3.05, 3.63) is 93.6 Å². The van der Waals surface area contributed by atoms with Crippen LogP contribution in [0.15, 0.2) is 71.3 Å². The summed E-state index contributed by atoms with van der Waals surface area (Å²) in [5.74, 6) is 13.4. The molecule has 0 N–H and O–H groups in total. The molecule has 2 aromatic carbocycles. The van der Waals surface area contributed by atoms with Gasteiger partial charge in [-0.1, -0.05) is 79.6 Å². The van der Waals surface area contributed by atoms with Crippen LogP contribution in [0.4, 0.5) is 0 Å². The van der Waals surface area contributed by atoms with Crippen LogP contribution in [0.1, 0.15) is 183 Å². The minimum absolute atomic E-state index is 0. The Bertz CT molecular complexity index is 2180. The van der Waals surface area contributed by atoms with E-state index in [1.54, 1.807) is 52.6 Å². The molecule has 14 bridgehead atoms. The van der Waals surface area contributed by atoms with Crippen molar-refractivity contribution in [3.8, 4) is 11.1 Å². The molecule has 0 aromatic heterocycles. The number of fused-ring (bicyclic) bond motifs is 5. The van der Waals surface area contributed by atoms with Gasteiger partial charge in [0.2, 0.25) is 0 Å². The van der Waals surface area contributed by atoms with Gasteiger partial charge >= 0.3 is 26.2 Å². The van der Waals surface area contributed by atoms with Crippen LogP contribution in [0, 0.1) is 93.7 Å². The second-order valence-corrected chi connectivity index (χ2v) is 27.4. The van der Waals surface area contributed by atoms with E-state index in [-0.39, 0.29) is 56.4 Å². The summed E-state index contributed by atoms with van der Waals surface area (Å²) in [6.07, 6.45) is 41.4. The number of allylic oxidation sites excluding steroid dienone is 6. The van der Waals surface area contributed by atoms with E-state index in [0.717, 1.165) is 76.9 Å². The minimum atomic E-state index is 0. The molecule has 0 heterocycles. The molecule has 0 amide bonds. The van der Waals surface area contributed by atoms with E-state index >= 15 is 0 Å². The second kappa shape index (κ2) is 14.6. The smallest absolute Gasteiger partial charge is 1.00 e. The second-order valence-electron chi connectivity index (χ2n) is 27.4. The Morgan fingerprint density at radius 1 is 0.500 bits per heavy atom. The molecule has 5 atom stereocenters. The van der Waals surface area contributed by atoms with Gasteiger partial charge in [-0.05, 0) is 279 Å². The summed E-state index contributed by atoms with van der Waals surface area (Å²) >= 11 is 0. The number of hydrogen-bond acceptors (Lipinski definition) is 0. The first-order chi connectivity index (χ1) is 29.7. The van der Waals surface area contributed by atoms with Crippen LogP contribution in [0.2, 0.25) is 0 Å². The molecule has 13 fully saturated rings. The maximum Gasteiger partial charge on any atom is 2.00 e. The molecule has 0 nitrogen and oxygen atoms in total. The molecule has 3 heteroatoms. The van der Waals surface area contributed by atoms with Crippen molar-refractivity contribution in [2.75, 3.05) is 0 Å². The average molecular weight is 969 g/mol. The number of hydrogen-bond donors (Lipinski definition) is 0. The molecule has 0 saturated heterocycles. The third-order valence-electron chi connectivity index (χ3n) is 24.0. The number of rotatable bonds is 6. The first-order valence-corrected chi connectivity index (χ1v) is 27.1. The number of halogens is 2. The third kappa shape index (κ3) is 5.74. The van der Waals surface area contributed by atoms with Gasteiger partial charge in [0.05, 0.1) is 0 Å². The van der Waals surface area contributed by atoms with Gasteiger partial charge in [0.1, 0.15) is 0 Å². The predicted octanol–water partition coefficient (Wildman–Crippen LogP) is 9.46. The molecule has 0 spiro atoms. The third-order valence-corrected chi connectivity index (χ3v) is 24.0. The Balaban J connectivity index is 0.00000138. The first kappa shape index (κ1) is 43.2. The van der Waals surface area contributed by atoms with Crippen LogP contribution in [0.3, 0.4) is 0 Å². The topological polar surface area (TPSA) is 0 Å². The zero-order valence-electron chi connectivity index (χ0n) is 39.2. The van der Waals surface area contributed by atoms with Crippen LogP contribution >= 0.6 is 0 Å². The van der Waals surface area contributed by atoms with Crippen molar-refractivity contribution in [1.82, 2.24) is 0 Å². The van der Waals surface area contributed by atoms with Crippen LogP contribution in [0.25, 0.3) is 11.1 Å². The molecule has 5 unspecified atom stereocenters. The Kier molecular flexibility index (Phi) is 9.84. The van der Waals surface area contributed by atoms with E-state index in [2.05, 4.69) is 68.5 Å². The summed E-state index contributed by atoms with van der Waals surface area (Å²) in [6.45, 7) is 5.41. The average Bonchev–Trinajstić information content (AvgIpc) is 4.06. The van der Waals surface area contributed by atoms with Crippen LogP contribution in [0.5, 0.6) is 0 Å². The summed E-state index contributed by atoms with van der Waals surface area (Å²) < 4.78 is 0. The standard InChI is InChI=1S/C61H74.2ClH.Zr/c1-34(2)61(33-55(51-19-35-3-4-45(51)18-35)54-22-48(23-56(54)61)60-30-42-15-43(31-60)17-44(16-42)32-60)57-49-7-5-46(58-24-36-9-37(25-58)11-38(10-36)26-58)20-52(49)53-21-47(6-8-50(53)57)59-27-39-12-40(28-59)14-41(13-39)29-59;;;/h3-8,20-21,23,34-45,51,55,57H,9-19,22,24-33H2,1-2H3;2*1H;/q;;;+2/p-2. The molecule has 64 heavy (non-hydrogen) atoms. The summed E-state index contributed by atoms with van der Waals surface area (Å²) in [7, 11) is 0. The van der Waals surface area contributed by atoms with Crippen LogP contribution in [-0.4, -0.2) is 0 Å². The van der Waals surface area contributed by atoms with E-state index in [9.17, 15) is 0 Å². The van der Waals surface area contributed by atoms with Gasteiger partial charge in [-0.15, -0.1) is 0 Å². The van der Waals surface area contributed by atoms with Gasteiger partial charge in [0.15, 0.2) is 0 Å². The quantitative estimate of drug-likeness (QED) is 0.254. The minimum Gasteiger partial charge on any atom is -1.00 e. The monoisotopic (exact) mass is 966 g/mol. The molecule has 0 aliphatic heterocycles. The maximum absolute atomic E-state index is 3.04. The SMILES string of the molecule is CC(C)C1(C2c3ccc(C45CC6CC(CC(C6)C4)C5)cc3-c3cc(C45CC6CC(CC(C6)C4)C5)ccc32)CC(C2CC3C=CC2C3)C2=C1C=C(C13CC4CC(CC(C4)C1)C3)C2.[Cl-].[Cl-].[Zr+2]. The fraction of sp³-hybridized carbons (Fsp3) is 0.705. The number of benzene rings is 2. The van der Waals surface area contributed by atoms with Crippen LogP contribution in [-0.2, 0) is 37.0 Å². The van der Waals surface area contributed by atoms with Gasteiger partial charge in [0, 0.05) is 11.3 Å². The summed E-state index contributed by atoms with van der Waals surface area (Å²) in [5, 5.41) is 0. The molecule has 19 rings (SSSR count). The summed E-state index contributed by atoms with van der Waals surface area (Å²) in [6, 6.07) is 17.0. The van der Waals surface area contributed by atoms with Crippen molar-refractivity contribution >= 4 is 0 Å². The van der Waals surface area contributed by atoms with Gasteiger partial charge in [-0.2, -0.15) is 0 Å². The first-order valence-electron chi connectivity index (χ1n) is 27.1. The summed E-state index contributed by atoms with van der Waals surface area (Å²) in [4.78, 5) is 0. The van der Waals surface area contributed by atoms with Crippen molar-refractivity contribution < 1.29 is 51.0 Å². The van der Waals surface area contributed by atoms with E-state index in [1.165, 1.54) is 122 Å². The van der Waals surface area contributed by atoms with Gasteiger partial charge in [0.25, 0.3) is 0 Å². The van der Waals surface area contributed by atoms with E-state index in [4.69, 9.17) is 0 Å². The summed E-state index contributed by atoms with van der Waals surface area (Å²) in [5.41, 5.74) is 17.8. The normalized spacial score (nSPS) is 49.3. The zero-order valence-corrected chi connectivity index (χ0v) is 43.1. The molecule has 336 valence electrons. The fourth-order valence-electron chi connectivity index (χ4n) is 23.1. The zero-order chi connectivity index (χ0) is 39.8. The molecule has 13 saturated carbocycles. The molecular weight excluding hydrogens is 895 g/mol. The molecule has 17 aliphatic carbocycles. The van der Waals surface area contributed by atoms with E-state index < -0.39 is 0 Å². The van der Waals surface area contributed by atoms with E-state index in [1.807, 2.05) is 16.7 Å². The maximum atomic E-state index is 3.04. The molecule has 17 aliphatic rings. The van der Waals surface area contributed by atoms with Gasteiger partial charge in [-0.25, -0.2) is 0 Å². The molecular formula is C61H74Cl2Zr. The largest absolute Gasteiger partial charge is 2.00 e. The van der Waals surface area contributed by atoms with Crippen molar-refractivity contribution in [2.24, 2.45) is 93.7 Å². The van der Waals surface area contributed by atoms with Gasteiger partial charge < -0.3 is 24.8 Å². The Morgan fingerprint density at radius 3 is 1.33 bits per heavy atom. The molecule has 2 aromatic rings. The Labute approximate surface area is 418 Å². The fourth-order valence-corrected chi connectivity index (χ4v) is 23.1. The van der Waals surface area contributed by atoms with Crippen molar-refractivity contribution in [3.63, 3.8) is 0 Å². The molecule has 0 radical (unpaired) electrons. The van der Waals surface area contributed by atoms with Crippen molar-refractivity contribution in [1.29, 1.82) is 0 Å². The van der Waals surface area contributed by atoms with Gasteiger partial charge in [-0.3, -0.25) is 0 Å². The predicted molar refractivity (Wildman–Crippen MR) is 248 cm³/mol. The Hall–Kier alpha value is -0.877.